The Morgan fingerprint density at radius 3 is 1.96 bits per heavy atom. The van der Waals surface area contributed by atoms with Gasteiger partial charge >= 0.3 is 11.6 Å². The number of carbonyl (C=O) groups excluding carboxylic acids is 2. The van der Waals surface area contributed by atoms with E-state index >= 15 is 0 Å². The van der Waals surface area contributed by atoms with E-state index in [-0.39, 0.29) is 30.0 Å². The van der Waals surface area contributed by atoms with Gasteiger partial charge in [0.1, 0.15) is 6.10 Å². The maximum Gasteiger partial charge on any atom is 0.339 e. The molecule has 1 atom stereocenters. The van der Waals surface area contributed by atoms with Crippen molar-refractivity contribution in [1.82, 2.24) is 9.80 Å². The molecule has 0 aliphatic carbocycles. The van der Waals surface area contributed by atoms with Crippen LogP contribution in [0, 0.1) is 20.8 Å². The lowest BCUT2D eigenvalue weighted by molar-refractivity contribution is -0.117. The Morgan fingerprint density at radius 2 is 1.38 bits per heavy atom. The number of para-hydroxylation sites is 1. The molecule has 52 heavy (non-hydrogen) atoms. The van der Waals surface area contributed by atoms with Crippen molar-refractivity contribution in [1.29, 1.82) is 0 Å². The van der Waals surface area contributed by atoms with Crippen LogP contribution in [0.1, 0.15) is 32.6 Å². The number of hydrogen-bond acceptors (Lipinski definition) is 12. The molecule has 13 nitrogen and oxygen atoms in total. The molecular weight excluding hydrogens is 670 g/mol. The van der Waals surface area contributed by atoms with Gasteiger partial charge in [0.25, 0.3) is 0 Å². The number of nitrogens with zero attached hydrogens (tertiary/aromatic N) is 2. The lowest BCUT2D eigenvalue weighted by atomic mass is 10.00. The van der Waals surface area contributed by atoms with Crippen LogP contribution in [0.2, 0.25) is 0 Å². The van der Waals surface area contributed by atoms with Gasteiger partial charge in [0.05, 0.1) is 47.7 Å². The Morgan fingerprint density at radius 1 is 0.788 bits per heavy atom. The third-order valence-electron chi connectivity index (χ3n) is 9.44. The van der Waals surface area contributed by atoms with Crippen LogP contribution < -0.4 is 34.6 Å². The molecule has 3 aromatic carbocycles. The summed E-state index contributed by atoms with van der Waals surface area (Å²) < 4.78 is 39.2. The summed E-state index contributed by atoms with van der Waals surface area (Å²) in [6.07, 6.45) is -0.655. The zero-order valence-corrected chi connectivity index (χ0v) is 31.0. The minimum absolute atomic E-state index is 0.0734. The van der Waals surface area contributed by atoms with Crippen molar-refractivity contribution in [2.24, 2.45) is 0 Å². The number of piperazine rings is 1. The molecule has 1 N–H and O–H groups in total. The molecule has 5 rings (SSSR count). The molecule has 0 spiro atoms. The number of amides is 1. The maximum atomic E-state index is 13.8. The van der Waals surface area contributed by atoms with Crippen LogP contribution in [0.5, 0.6) is 28.7 Å². The highest BCUT2D eigenvalue weighted by Crippen LogP contribution is 2.39. The third-order valence-corrected chi connectivity index (χ3v) is 9.44. The normalized spacial score (nSPS) is 14.1. The fourth-order valence-corrected chi connectivity index (χ4v) is 6.60. The van der Waals surface area contributed by atoms with Crippen molar-refractivity contribution in [3.05, 3.63) is 80.7 Å². The number of benzene rings is 3. The topological polar surface area (TPSA) is 138 Å². The van der Waals surface area contributed by atoms with Crippen molar-refractivity contribution >= 4 is 28.5 Å². The first-order chi connectivity index (χ1) is 25.0. The summed E-state index contributed by atoms with van der Waals surface area (Å²) >= 11 is 0. The van der Waals surface area contributed by atoms with Crippen molar-refractivity contribution in [3.8, 4) is 28.7 Å². The van der Waals surface area contributed by atoms with Gasteiger partial charge in [0.15, 0.2) is 22.8 Å². The number of ether oxygens (including phenoxy) is 6. The van der Waals surface area contributed by atoms with E-state index in [0.717, 1.165) is 16.8 Å². The predicted octanol–water partition coefficient (Wildman–Crippen LogP) is 4.79. The number of nitrogens with one attached hydrogen (secondary N) is 1. The van der Waals surface area contributed by atoms with Crippen LogP contribution in [-0.4, -0.2) is 103 Å². The van der Waals surface area contributed by atoms with Crippen LogP contribution in [0.4, 0.5) is 5.69 Å². The van der Waals surface area contributed by atoms with Crippen LogP contribution in [-0.2, 0) is 16.0 Å². The van der Waals surface area contributed by atoms with Crippen molar-refractivity contribution in [2.75, 3.05) is 80.1 Å². The number of aryl methyl sites for hydroxylation is 3. The molecule has 0 radical (unpaired) electrons. The first-order valence-corrected chi connectivity index (χ1v) is 17.0. The molecule has 0 bridgehead atoms. The van der Waals surface area contributed by atoms with Crippen LogP contribution in [0.3, 0.4) is 0 Å². The fourth-order valence-electron chi connectivity index (χ4n) is 6.60. The second-order valence-electron chi connectivity index (χ2n) is 12.7. The zero-order chi connectivity index (χ0) is 37.5. The number of rotatable bonds is 14. The molecule has 1 aliphatic heterocycles. The summed E-state index contributed by atoms with van der Waals surface area (Å²) in [4.78, 5) is 44.5. The first kappa shape index (κ1) is 38.0. The summed E-state index contributed by atoms with van der Waals surface area (Å²) in [7, 11) is 7.41. The Hall–Kier alpha value is -5.27. The van der Waals surface area contributed by atoms with E-state index in [1.54, 1.807) is 6.07 Å². The number of methoxy groups -OCH3 is 5. The molecular formula is C39H47N3O10. The zero-order valence-electron chi connectivity index (χ0n) is 31.0. The quantitative estimate of drug-likeness (QED) is 0.142. The lowest BCUT2D eigenvalue weighted by Gasteiger charge is -2.36. The number of fused-ring (bicyclic) bond motifs is 1. The molecule has 4 aromatic rings. The average Bonchev–Trinajstić information content (AvgIpc) is 3.14. The Balaban J connectivity index is 1.37. The smallest absolute Gasteiger partial charge is 0.339 e. The monoisotopic (exact) mass is 717 g/mol. The summed E-state index contributed by atoms with van der Waals surface area (Å²) in [5.74, 6) is 1.00. The van der Waals surface area contributed by atoms with Gasteiger partial charge in [-0.15, -0.1) is 0 Å². The van der Waals surface area contributed by atoms with Gasteiger partial charge in [-0.1, -0.05) is 18.2 Å². The second-order valence-corrected chi connectivity index (χ2v) is 12.7. The van der Waals surface area contributed by atoms with E-state index in [1.165, 1.54) is 47.7 Å². The van der Waals surface area contributed by atoms with Crippen molar-refractivity contribution in [3.63, 3.8) is 0 Å². The Bertz CT molecular complexity index is 1940. The molecule has 1 amide bonds. The molecule has 1 unspecified atom stereocenters. The molecule has 1 aliphatic rings. The summed E-state index contributed by atoms with van der Waals surface area (Å²) in [6, 6.07) is 12.5. The first-order valence-electron chi connectivity index (χ1n) is 17.0. The molecule has 13 heteroatoms. The minimum Gasteiger partial charge on any atom is -0.493 e. The molecule has 1 saturated heterocycles. The van der Waals surface area contributed by atoms with E-state index in [4.69, 9.17) is 32.8 Å². The number of anilines is 1. The third kappa shape index (κ3) is 8.27. The van der Waals surface area contributed by atoms with E-state index in [9.17, 15) is 14.4 Å². The van der Waals surface area contributed by atoms with Gasteiger partial charge < -0.3 is 38.2 Å². The highest BCUT2D eigenvalue weighted by molar-refractivity contribution is 5.94. The van der Waals surface area contributed by atoms with Gasteiger partial charge in [-0.05, 0) is 61.7 Å². The van der Waals surface area contributed by atoms with E-state index in [0.29, 0.717) is 78.0 Å². The summed E-state index contributed by atoms with van der Waals surface area (Å²) in [5, 5.41) is 3.74. The Labute approximate surface area is 303 Å². The SMILES string of the molecule is COc1cc(C(=O)OC(Cc2c(C)c3ccc(OC)c(OC)c3oc2=O)CN2CCN(CC(=O)Nc3c(C)cccc3C)CC2)cc(OC)c1OC. The average molecular weight is 718 g/mol. The van der Waals surface area contributed by atoms with Gasteiger partial charge in [-0.2, -0.15) is 0 Å². The van der Waals surface area contributed by atoms with E-state index in [1.807, 2.05) is 45.0 Å². The molecule has 0 saturated carbocycles. The maximum absolute atomic E-state index is 13.8. The molecule has 278 valence electrons. The highest BCUT2D eigenvalue weighted by atomic mass is 16.5. The Kier molecular flexibility index (Phi) is 12.3. The fraction of sp³-hybridized carbons (Fsp3) is 0.410. The number of esters is 1. The predicted molar refractivity (Wildman–Crippen MR) is 197 cm³/mol. The molecule has 1 aromatic heterocycles. The van der Waals surface area contributed by atoms with Crippen LogP contribution in [0.15, 0.2) is 51.7 Å². The molecule has 1 fully saturated rings. The number of hydrogen-bond donors (Lipinski definition) is 1. The second kappa shape index (κ2) is 16.8. The summed E-state index contributed by atoms with van der Waals surface area (Å²) in [5.41, 5.74) is 3.83. The largest absolute Gasteiger partial charge is 0.493 e. The van der Waals surface area contributed by atoms with E-state index < -0.39 is 17.7 Å². The van der Waals surface area contributed by atoms with E-state index in [2.05, 4.69) is 15.1 Å². The summed E-state index contributed by atoms with van der Waals surface area (Å²) in [6.45, 7) is 8.88. The highest BCUT2D eigenvalue weighted by Gasteiger charge is 2.28. The minimum atomic E-state index is -0.746. The van der Waals surface area contributed by atoms with Gasteiger partial charge in [0, 0.05) is 55.8 Å². The molecule has 2 heterocycles. The van der Waals surface area contributed by atoms with Gasteiger partial charge in [0.2, 0.25) is 17.4 Å². The van der Waals surface area contributed by atoms with Crippen LogP contribution in [0.25, 0.3) is 11.0 Å². The van der Waals surface area contributed by atoms with Crippen LogP contribution >= 0.6 is 0 Å². The van der Waals surface area contributed by atoms with Gasteiger partial charge in [-0.25, -0.2) is 9.59 Å². The number of carbonyl (C=O) groups is 2. The lowest BCUT2D eigenvalue weighted by Crippen LogP contribution is -2.51. The van der Waals surface area contributed by atoms with Crippen molar-refractivity contribution < 1.29 is 42.4 Å². The van der Waals surface area contributed by atoms with Crippen molar-refractivity contribution in [2.45, 2.75) is 33.3 Å². The van der Waals surface area contributed by atoms with Gasteiger partial charge in [-0.3, -0.25) is 14.6 Å². The standard InChI is InChI=1S/C39H47N3O10/c1-23-10-9-11-24(2)34(23)40-33(43)22-42-16-14-41(15-17-42)21-27(51-38(44)26-18-31(47-5)36(49-7)32(19-26)48-6)20-29-25(3)28-12-13-30(46-4)37(50-8)35(28)52-39(29)45/h9-13,18-19,27H,14-17,20-22H2,1-8H3,(H,40,43).